The zero-order valence-electron chi connectivity index (χ0n) is 27.1. The smallest absolute Gasteiger partial charge is 0.160 e. The summed E-state index contributed by atoms with van der Waals surface area (Å²) in [6.45, 7) is 0. The van der Waals surface area contributed by atoms with Crippen molar-refractivity contribution in [2.24, 2.45) is 0 Å². The topological polar surface area (TPSA) is 49.6 Å². The molecule has 0 saturated carbocycles. The SMILES string of the molecule is N#Cc1ccc(-c2nc(-c3ccccc3)cc(-c3ccc4c5ccccc5c5ccccc5c5ccccc5c5ccccc5c4c3)n2)cc1. The third kappa shape index (κ3) is 5.08. The third-order valence-electron chi connectivity index (χ3n) is 9.54. The van der Waals surface area contributed by atoms with Gasteiger partial charge in [0.2, 0.25) is 0 Å². The highest BCUT2D eigenvalue weighted by Crippen LogP contribution is 2.37. The molecule has 0 saturated heterocycles. The molecule has 3 nitrogen and oxygen atoms in total. The van der Waals surface area contributed by atoms with Crippen molar-refractivity contribution in [1.29, 1.82) is 5.26 Å². The van der Waals surface area contributed by atoms with Crippen LogP contribution < -0.4 is 0 Å². The lowest BCUT2D eigenvalue weighted by Gasteiger charge is -2.12. The Morgan fingerprint density at radius 1 is 0.320 bits per heavy atom. The minimum atomic E-state index is 0.602. The summed E-state index contributed by atoms with van der Waals surface area (Å²) in [5, 5.41) is 21.3. The first-order valence-electron chi connectivity index (χ1n) is 16.7. The van der Waals surface area contributed by atoms with Gasteiger partial charge in [-0.25, -0.2) is 9.97 Å². The fraction of sp³-hybridized carbons (Fsp3) is 0. The fourth-order valence-corrected chi connectivity index (χ4v) is 7.15. The summed E-state index contributed by atoms with van der Waals surface area (Å²) in [6, 6.07) is 63.7. The number of aromatic nitrogens is 2. The Kier molecular flexibility index (Phi) is 7.19. The molecule has 0 aliphatic heterocycles. The van der Waals surface area contributed by atoms with E-state index in [1.54, 1.807) is 0 Å². The number of nitrogens with zero attached hydrogens (tertiary/aromatic N) is 3. The van der Waals surface area contributed by atoms with Crippen LogP contribution in [0.15, 0.2) is 176 Å². The van der Waals surface area contributed by atoms with Gasteiger partial charge in [0.05, 0.1) is 23.0 Å². The standard InChI is InChI=1S/C47H29N3/c48-30-31-22-24-33(25-23-31)47-49-45(32-12-2-1-3-13-32)29-46(50-47)34-26-27-43-41-20-9-8-18-39(41)37-16-5-4-14-35(37)36-15-6-7-17-38(36)40-19-10-11-21-42(40)44(43)28-34/h1-29H. The molecule has 50 heavy (non-hydrogen) atoms. The van der Waals surface area contributed by atoms with Crippen LogP contribution in [0, 0.1) is 11.3 Å². The van der Waals surface area contributed by atoms with E-state index in [1.165, 1.54) is 37.7 Å². The highest BCUT2D eigenvalue weighted by Gasteiger charge is 2.13. The van der Waals surface area contributed by atoms with E-state index in [4.69, 9.17) is 9.97 Å². The normalized spacial score (nSPS) is 11.2. The second-order valence-corrected chi connectivity index (χ2v) is 12.5. The summed E-state index contributed by atoms with van der Waals surface area (Å²) in [7, 11) is 0. The monoisotopic (exact) mass is 635 g/mol. The van der Waals surface area contributed by atoms with E-state index in [9.17, 15) is 5.26 Å². The van der Waals surface area contributed by atoms with Gasteiger partial charge in [-0.15, -0.1) is 0 Å². The van der Waals surface area contributed by atoms with Gasteiger partial charge in [-0.2, -0.15) is 5.26 Å². The van der Waals surface area contributed by atoms with Crippen LogP contribution in [-0.4, -0.2) is 9.97 Å². The molecular weight excluding hydrogens is 607 g/mol. The van der Waals surface area contributed by atoms with Gasteiger partial charge in [-0.05, 0) is 90.3 Å². The maximum absolute atomic E-state index is 9.40. The van der Waals surface area contributed by atoms with Gasteiger partial charge in [-0.1, -0.05) is 140 Å². The average molecular weight is 636 g/mol. The first kappa shape index (κ1) is 29.3. The van der Waals surface area contributed by atoms with Crippen LogP contribution in [0.1, 0.15) is 5.56 Å². The van der Waals surface area contributed by atoms with Crippen molar-refractivity contribution in [3.63, 3.8) is 0 Å². The molecule has 1 aromatic heterocycles. The van der Waals surface area contributed by atoms with Crippen molar-refractivity contribution in [3.05, 3.63) is 181 Å². The van der Waals surface area contributed by atoms with E-state index in [2.05, 4.69) is 140 Å². The molecule has 8 aromatic carbocycles. The highest BCUT2D eigenvalue weighted by atomic mass is 14.9. The predicted molar refractivity (Wildman–Crippen MR) is 208 cm³/mol. The van der Waals surface area contributed by atoms with Gasteiger partial charge in [0.15, 0.2) is 5.82 Å². The van der Waals surface area contributed by atoms with Crippen LogP contribution in [-0.2, 0) is 0 Å². The number of nitriles is 1. The number of fused-ring (bicyclic) bond motifs is 10. The van der Waals surface area contributed by atoms with Crippen molar-refractivity contribution in [1.82, 2.24) is 9.97 Å². The van der Waals surface area contributed by atoms with Crippen LogP contribution in [0.4, 0.5) is 0 Å². The van der Waals surface area contributed by atoms with Gasteiger partial charge in [0.1, 0.15) is 0 Å². The van der Waals surface area contributed by atoms with Crippen LogP contribution in [0.3, 0.4) is 0 Å². The molecule has 9 rings (SSSR count). The minimum absolute atomic E-state index is 0.602. The lowest BCUT2D eigenvalue weighted by molar-refractivity contribution is 1.18. The molecule has 0 aliphatic carbocycles. The zero-order chi connectivity index (χ0) is 33.4. The number of hydrogen-bond acceptors (Lipinski definition) is 3. The molecule has 3 heteroatoms. The Morgan fingerprint density at radius 3 is 1.16 bits per heavy atom. The van der Waals surface area contributed by atoms with Crippen LogP contribution in [0.25, 0.3) is 87.8 Å². The van der Waals surface area contributed by atoms with E-state index in [1.807, 2.05) is 42.5 Å². The van der Waals surface area contributed by atoms with Crippen LogP contribution in [0.2, 0.25) is 0 Å². The summed E-state index contributed by atoms with van der Waals surface area (Å²) in [5.41, 5.74) is 5.14. The lowest BCUT2D eigenvalue weighted by atomic mass is 9.93. The quantitative estimate of drug-likeness (QED) is 0.194. The number of hydrogen-bond donors (Lipinski definition) is 0. The molecule has 1 heterocycles. The van der Waals surface area contributed by atoms with Crippen LogP contribution >= 0.6 is 0 Å². The summed E-state index contributed by atoms with van der Waals surface area (Å²) in [4.78, 5) is 10.2. The van der Waals surface area contributed by atoms with Gasteiger partial charge in [0, 0.05) is 16.7 Å². The van der Waals surface area contributed by atoms with Gasteiger partial charge >= 0.3 is 0 Å². The molecule has 0 bridgehead atoms. The second kappa shape index (κ2) is 12.3. The molecule has 232 valence electrons. The molecule has 0 spiro atoms. The molecule has 0 radical (unpaired) electrons. The van der Waals surface area contributed by atoms with Crippen molar-refractivity contribution in [2.75, 3.05) is 0 Å². The van der Waals surface area contributed by atoms with Crippen molar-refractivity contribution >= 4 is 53.9 Å². The van der Waals surface area contributed by atoms with Gasteiger partial charge < -0.3 is 0 Å². The molecule has 0 N–H and O–H groups in total. The summed E-state index contributed by atoms with van der Waals surface area (Å²) in [6.07, 6.45) is 0. The molecule has 0 fully saturated rings. The molecule has 0 atom stereocenters. The van der Waals surface area contributed by atoms with E-state index in [0.29, 0.717) is 11.4 Å². The van der Waals surface area contributed by atoms with Gasteiger partial charge in [-0.3, -0.25) is 0 Å². The predicted octanol–water partition coefficient (Wildman–Crippen LogP) is 12.2. The molecule has 0 aliphatic rings. The largest absolute Gasteiger partial charge is 0.228 e. The molecule has 9 aromatic rings. The highest BCUT2D eigenvalue weighted by molar-refractivity contribution is 6.26. The molecular formula is C47H29N3. The van der Waals surface area contributed by atoms with Gasteiger partial charge in [0.25, 0.3) is 0 Å². The van der Waals surface area contributed by atoms with Crippen molar-refractivity contribution in [3.8, 4) is 40.0 Å². The number of rotatable bonds is 3. The van der Waals surface area contributed by atoms with E-state index < -0.39 is 0 Å². The van der Waals surface area contributed by atoms with E-state index >= 15 is 0 Å². The molecule has 0 unspecified atom stereocenters. The summed E-state index contributed by atoms with van der Waals surface area (Å²) >= 11 is 0. The Morgan fingerprint density at radius 2 is 0.700 bits per heavy atom. The first-order chi connectivity index (χ1) is 24.7. The Bertz CT molecular complexity index is 2790. The summed E-state index contributed by atoms with van der Waals surface area (Å²) < 4.78 is 0. The third-order valence-corrected chi connectivity index (χ3v) is 9.54. The number of benzene rings is 7. The fourth-order valence-electron chi connectivity index (χ4n) is 7.15. The van der Waals surface area contributed by atoms with Crippen LogP contribution in [0.5, 0.6) is 0 Å². The Balaban J connectivity index is 1.42. The second-order valence-electron chi connectivity index (χ2n) is 12.5. The molecule has 0 amide bonds. The first-order valence-corrected chi connectivity index (χ1v) is 16.7. The van der Waals surface area contributed by atoms with Crippen molar-refractivity contribution in [2.45, 2.75) is 0 Å². The lowest BCUT2D eigenvalue weighted by Crippen LogP contribution is -1.96. The average Bonchev–Trinajstić information content (AvgIpc) is 3.20. The van der Waals surface area contributed by atoms with Crippen molar-refractivity contribution < 1.29 is 0 Å². The van der Waals surface area contributed by atoms with E-state index in [-0.39, 0.29) is 0 Å². The maximum atomic E-state index is 9.40. The minimum Gasteiger partial charge on any atom is -0.228 e. The Labute approximate surface area is 289 Å². The maximum Gasteiger partial charge on any atom is 0.160 e. The zero-order valence-corrected chi connectivity index (χ0v) is 27.1. The van der Waals surface area contributed by atoms with E-state index in [0.717, 1.165) is 44.2 Å². The Hall–Kier alpha value is -6.89. The summed E-state index contributed by atoms with van der Waals surface area (Å²) in [5.74, 6) is 0.613.